The first-order valence-electron chi connectivity index (χ1n) is 6.81. The standard InChI is InChI=1S/C15H19NO5/c1-21-12-4-2-3-11(9-12)10-13(17)16-7-5-15(20,6-8-16)14(18)19/h2-4,9,20H,5-8,10H2,1H3,(H,18,19). The van der Waals surface area contributed by atoms with E-state index >= 15 is 0 Å². The van der Waals surface area contributed by atoms with Gasteiger partial charge in [-0.1, -0.05) is 12.1 Å². The van der Waals surface area contributed by atoms with Crippen LogP contribution in [0, 0.1) is 0 Å². The normalized spacial score (nSPS) is 17.3. The average molecular weight is 293 g/mol. The van der Waals surface area contributed by atoms with E-state index in [-0.39, 0.29) is 38.3 Å². The summed E-state index contributed by atoms with van der Waals surface area (Å²) in [5.74, 6) is -0.600. The molecule has 1 saturated heterocycles. The first kappa shape index (κ1) is 15.3. The van der Waals surface area contributed by atoms with Gasteiger partial charge in [-0.15, -0.1) is 0 Å². The second kappa shape index (κ2) is 6.13. The number of carbonyl (C=O) groups is 2. The number of methoxy groups -OCH3 is 1. The van der Waals surface area contributed by atoms with Crippen LogP contribution in [-0.2, 0) is 16.0 Å². The quantitative estimate of drug-likeness (QED) is 0.852. The van der Waals surface area contributed by atoms with E-state index in [2.05, 4.69) is 0 Å². The predicted molar refractivity (Wildman–Crippen MR) is 75.1 cm³/mol. The first-order chi connectivity index (χ1) is 9.94. The summed E-state index contributed by atoms with van der Waals surface area (Å²) in [6.45, 7) is 0.511. The summed E-state index contributed by atoms with van der Waals surface area (Å²) < 4.78 is 5.11. The fourth-order valence-electron chi connectivity index (χ4n) is 2.41. The Kier molecular flexibility index (Phi) is 4.47. The molecule has 1 aromatic carbocycles. The highest BCUT2D eigenvalue weighted by atomic mass is 16.5. The molecule has 0 radical (unpaired) electrons. The SMILES string of the molecule is COc1cccc(CC(=O)N2CCC(O)(C(=O)O)CC2)c1. The Morgan fingerprint density at radius 1 is 1.33 bits per heavy atom. The van der Waals surface area contributed by atoms with Gasteiger partial charge in [0.2, 0.25) is 5.91 Å². The number of aliphatic carboxylic acids is 1. The summed E-state index contributed by atoms with van der Waals surface area (Å²) in [5.41, 5.74) is -0.856. The maximum Gasteiger partial charge on any atom is 0.335 e. The van der Waals surface area contributed by atoms with Gasteiger partial charge >= 0.3 is 5.97 Å². The lowest BCUT2D eigenvalue weighted by molar-refractivity contribution is -0.165. The van der Waals surface area contributed by atoms with Crippen LogP contribution in [0.15, 0.2) is 24.3 Å². The zero-order chi connectivity index (χ0) is 15.5. The van der Waals surface area contributed by atoms with Gasteiger partial charge in [0, 0.05) is 25.9 Å². The molecule has 2 rings (SSSR count). The molecule has 114 valence electrons. The fraction of sp³-hybridized carbons (Fsp3) is 0.467. The second-order valence-corrected chi connectivity index (χ2v) is 5.25. The van der Waals surface area contributed by atoms with Crippen molar-refractivity contribution in [2.24, 2.45) is 0 Å². The van der Waals surface area contributed by atoms with E-state index in [1.165, 1.54) is 0 Å². The van der Waals surface area contributed by atoms with Crippen LogP contribution in [0.5, 0.6) is 5.75 Å². The molecule has 1 aliphatic rings. The van der Waals surface area contributed by atoms with E-state index < -0.39 is 11.6 Å². The number of carboxylic acids is 1. The number of benzene rings is 1. The third-order valence-corrected chi connectivity index (χ3v) is 3.83. The van der Waals surface area contributed by atoms with Crippen molar-refractivity contribution < 1.29 is 24.5 Å². The smallest absolute Gasteiger partial charge is 0.335 e. The van der Waals surface area contributed by atoms with Crippen molar-refractivity contribution in [3.63, 3.8) is 0 Å². The lowest BCUT2D eigenvalue weighted by Gasteiger charge is -2.35. The summed E-state index contributed by atoms with van der Waals surface area (Å²) in [7, 11) is 1.57. The Morgan fingerprint density at radius 3 is 2.57 bits per heavy atom. The summed E-state index contributed by atoms with van der Waals surface area (Å²) in [4.78, 5) is 24.7. The number of ether oxygens (including phenoxy) is 1. The largest absolute Gasteiger partial charge is 0.497 e. The third kappa shape index (κ3) is 3.52. The van der Waals surface area contributed by atoms with E-state index in [1.54, 1.807) is 18.1 Å². The van der Waals surface area contributed by atoms with Crippen LogP contribution in [0.4, 0.5) is 0 Å². The summed E-state index contributed by atoms with van der Waals surface area (Å²) in [5, 5.41) is 18.8. The Bertz CT molecular complexity index is 535. The number of piperidine rings is 1. The van der Waals surface area contributed by atoms with Crippen LogP contribution in [0.1, 0.15) is 18.4 Å². The van der Waals surface area contributed by atoms with Gasteiger partial charge in [-0.05, 0) is 17.7 Å². The molecule has 1 fully saturated rings. The number of rotatable bonds is 4. The molecule has 0 aliphatic carbocycles. The van der Waals surface area contributed by atoms with Crippen LogP contribution >= 0.6 is 0 Å². The van der Waals surface area contributed by atoms with E-state index in [0.717, 1.165) is 5.56 Å². The molecule has 1 aliphatic heterocycles. The monoisotopic (exact) mass is 293 g/mol. The summed E-state index contributed by atoms with van der Waals surface area (Å²) in [6, 6.07) is 7.27. The molecule has 0 bridgehead atoms. The maximum atomic E-state index is 12.2. The molecule has 1 aromatic rings. The van der Waals surface area contributed by atoms with Gasteiger partial charge in [0.1, 0.15) is 5.75 Å². The Morgan fingerprint density at radius 2 is 2.00 bits per heavy atom. The zero-order valence-electron chi connectivity index (χ0n) is 11.9. The highest BCUT2D eigenvalue weighted by Crippen LogP contribution is 2.23. The molecular weight excluding hydrogens is 274 g/mol. The Balaban J connectivity index is 1.94. The summed E-state index contributed by atoms with van der Waals surface area (Å²) in [6.07, 6.45) is 0.362. The molecule has 0 aromatic heterocycles. The van der Waals surface area contributed by atoms with Crippen molar-refractivity contribution in [1.29, 1.82) is 0 Å². The van der Waals surface area contributed by atoms with E-state index in [1.807, 2.05) is 18.2 Å². The van der Waals surface area contributed by atoms with Crippen LogP contribution in [0.2, 0.25) is 0 Å². The third-order valence-electron chi connectivity index (χ3n) is 3.83. The summed E-state index contributed by atoms with van der Waals surface area (Å²) >= 11 is 0. The van der Waals surface area contributed by atoms with Crippen LogP contribution in [-0.4, -0.2) is 52.8 Å². The minimum Gasteiger partial charge on any atom is -0.497 e. The fourth-order valence-corrected chi connectivity index (χ4v) is 2.41. The van der Waals surface area contributed by atoms with Gasteiger partial charge in [-0.25, -0.2) is 4.79 Å². The van der Waals surface area contributed by atoms with Crippen molar-refractivity contribution in [1.82, 2.24) is 4.90 Å². The van der Waals surface area contributed by atoms with Gasteiger partial charge in [0.05, 0.1) is 13.5 Å². The molecular formula is C15H19NO5. The second-order valence-electron chi connectivity index (χ2n) is 5.25. The lowest BCUT2D eigenvalue weighted by atomic mass is 9.91. The van der Waals surface area contributed by atoms with Crippen molar-refractivity contribution in [2.45, 2.75) is 24.9 Å². The number of aliphatic hydroxyl groups is 1. The number of hydrogen-bond acceptors (Lipinski definition) is 4. The van der Waals surface area contributed by atoms with Gasteiger partial charge in [0.15, 0.2) is 5.60 Å². The molecule has 21 heavy (non-hydrogen) atoms. The van der Waals surface area contributed by atoms with Crippen molar-refractivity contribution >= 4 is 11.9 Å². The van der Waals surface area contributed by atoms with Crippen molar-refractivity contribution in [2.75, 3.05) is 20.2 Å². The van der Waals surface area contributed by atoms with Gasteiger partial charge < -0.3 is 19.8 Å². The van der Waals surface area contributed by atoms with Crippen LogP contribution in [0.25, 0.3) is 0 Å². The maximum absolute atomic E-state index is 12.2. The molecule has 6 nitrogen and oxygen atoms in total. The molecule has 0 unspecified atom stereocenters. The average Bonchev–Trinajstić information content (AvgIpc) is 2.48. The van der Waals surface area contributed by atoms with Gasteiger partial charge in [-0.3, -0.25) is 4.79 Å². The Labute approximate surface area is 122 Å². The number of nitrogens with zero attached hydrogens (tertiary/aromatic N) is 1. The molecule has 2 N–H and O–H groups in total. The zero-order valence-corrected chi connectivity index (χ0v) is 11.9. The molecule has 0 atom stereocenters. The number of carboxylic acid groups (broad SMARTS) is 1. The number of hydrogen-bond donors (Lipinski definition) is 2. The number of likely N-dealkylation sites (tertiary alicyclic amines) is 1. The lowest BCUT2D eigenvalue weighted by Crippen LogP contribution is -2.51. The minimum atomic E-state index is -1.70. The highest BCUT2D eigenvalue weighted by Gasteiger charge is 2.40. The topological polar surface area (TPSA) is 87.1 Å². The van der Waals surface area contributed by atoms with Gasteiger partial charge in [-0.2, -0.15) is 0 Å². The first-order valence-corrected chi connectivity index (χ1v) is 6.81. The number of amides is 1. The van der Waals surface area contributed by atoms with Gasteiger partial charge in [0.25, 0.3) is 0 Å². The van der Waals surface area contributed by atoms with Crippen molar-refractivity contribution in [3.05, 3.63) is 29.8 Å². The molecule has 0 spiro atoms. The minimum absolute atomic E-state index is 0.0617. The molecule has 1 amide bonds. The van der Waals surface area contributed by atoms with E-state index in [0.29, 0.717) is 5.75 Å². The van der Waals surface area contributed by atoms with Crippen LogP contribution in [0.3, 0.4) is 0 Å². The van der Waals surface area contributed by atoms with E-state index in [4.69, 9.17) is 9.84 Å². The number of carbonyl (C=O) groups excluding carboxylic acids is 1. The van der Waals surface area contributed by atoms with Crippen molar-refractivity contribution in [3.8, 4) is 5.75 Å². The molecule has 0 saturated carbocycles. The Hall–Kier alpha value is -2.08. The highest BCUT2D eigenvalue weighted by molar-refractivity contribution is 5.81. The van der Waals surface area contributed by atoms with E-state index in [9.17, 15) is 14.7 Å². The van der Waals surface area contributed by atoms with Crippen LogP contribution < -0.4 is 4.74 Å². The predicted octanol–water partition coefficient (Wildman–Crippen LogP) is 0.676. The molecule has 6 heteroatoms. The molecule has 1 heterocycles.